The average Bonchev–Trinajstić information content (AvgIpc) is 3.11. The van der Waals surface area contributed by atoms with Gasteiger partial charge in [0.2, 0.25) is 0 Å². The molecule has 2 saturated carbocycles. The van der Waals surface area contributed by atoms with Crippen molar-refractivity contribution in [1.29, 1.82) is 5.26 Å². The van der Waals surface area contributed by atoms with Crippen molar-refractivity contribution >= 4 is 11.0 Å². The summed E-state index contributed by atoms with van der Waals surface area (Å²) in [5, 5.41) is 8.92. The molecule has 2 aliphatic carbocycles. The molecule has 3 heteroatoms. The number of H-pyrrole nitrogens is 1. The maximum atomic E-state index is 8.92. The smallest absolute Gasteiger partial charge is 0.107 e. The molecule has 0 amide bonds. The zero-order chi connectivity index (χ0) is 12.8. The molecule has 4 rings (SSSR count). The second-order valence-electron chi connectivity index (χ2n) is 6.17. The summed E-state index contributed by atoms with van der Waals surface area (Å²) in [4.78, 5) is 8.06. The summed E-state index contributed by atoms with van der Waals surface area (Å²) in [7, 11) is 0. The fraction of sp³-hybridized carbons (Fsp3) is 0.500. The summed E-state index contributed by atoms with van der Waals surface area (Å²) < 4.78 is 0. The number of nitrogens with one attached hydrogen (secondary N) is 1. The minimum atomic E-state index is 0.697. The number of hydrogen-bond donors (Lipinski definition) is 1. The summed E-state index contributed by atoms with van der Waals surface area (Å²) in [5.74, 6) is 3.86. The highest BCUT2D eigenvalue weighted by Gasteiger charge is 2.39. The number of imidazole rings is 1. The molecule has 3 unspecified atom stereocenters. The van der Waals surface area contributed by atoms with E-state index in [4.69, 9.17) is 5.26 Å². The Morgan fingerprint density at radius 1 is 1.32 bits per heavy atom. The summed E-state index contributed by atoms with van der Waals surface area (Å²) >= 11 is 0. The van der Waals surface area contributed by atoms with Gasteiger partial charge in [0.05, 0.1) is 22.7 Å². The first-order valence-electron chi connectivity index (χ1n) is 7.20. The normalized spacial score (nSPS) is 28.9. The molecule has 19 heavy (non-hydrogen) atoms. The Bertz CT molecular complexity index is 664. The molecule has 0 radical (unpaired) electrons. The van der Waals surface area contributed by atoms with E-state index < -0.39 is 0 Å². The SMILES string of the molecule is N#Cc1ccc2nc(CC3CC4CCC3C4)[nH]c2c1. The van der Waals surface area contributed by atoms with Crippen LogP contribution in [-0.2, 0) is 6.42 Å². The van der Waals surface area contributed by atoms with Crippen LogP contribution in [0.25, 0.3) is 11.0 Å². The van der Waals surface area contributed by atoms with Crippen molar-refractivity contribution in [3.8, 4) is 6.07 Å². The zero-order valence-electron chi connectivity index (χ0n) is 10.9. The van der Waals surface area contributed by atoms with Gasteiger partial charge < -0.3 is 4.98 Å². The molecule has 1 aromatic heterocycles. The van der Waals surface area contributed by atoms with Gasteiger partial charge in [-0.25, -0.2) is 4.98 Å². The van der Waals surface area contributed by atoms with Crippen molar-refractivity contribution in [2.24, 2.45) is 17.8 Å². The van der Waals surface area contributed by atoms with Gasteiger partial charge in [-0.05, 0) is 55.2 Å². The predicted octanol–water partition coefficient (Wildman–Crippen LogP) is 3.41. The van der Waals surface area contributed by atoms with Gasteiger partial charge in [0.25, 0.3) is 0 Å². The third-order valence-electron chi connectivity index (χ3n) is 5.00. The van der Waals surface area contributed by atoms with E-state index in [2.05, 4.69) is 16.0 Å². The molecule has 2 aromatic rings. The monoisotopic (exact) mass is 251 g/mol. The van der Waals surface area contributed by atoms with Crippen LogP contribution in [0.15, 0.2) is 18.2 Å². The van der Waals surface area contributed by atoms with Crippen molar-refractivity contribution in [3.05, 3.63) is 29.6 Å². The van der Waals surface area contributed by atoms with Gasteiger partial charge in [-0.1, -0.05) is 6.42 Å². The first-order chi connectivity index (χ1) is 9.31. The van der Waals surface area contributed by atoms with Crippen molar-refractivity contribution in [1.82, 2.24) is 9.97 Å². The Kier molecular flexibility index (Phi) is 2.38. The Balaban J connectivity index is 1.60. The first-order valence-corrected chi connectivity index (χ1v) is 7.20. The molecule has 1 N–H and O–H groups in total. The van der Waals surface area contributed by atoms with Crippen LogP contribution >= 0.6 is 0 Å². The van der Waals surface area contributed by atoms with Gasteiger partial charge in [0.15, 0.2) is 0 Å². The molecule has 2 fully saturated rings. The van der Waals surface area contributed by atoms with Crippen LogP contribution in [-0.4, -0.2) is 9.97 Å². The molecule has 3 nitrogen and oxygen atoms in total. The number of nitriles is 1. The van der Waals surface area contributed by atoms with Gasteiger partial charge in [0, 0.05) is 6.42 Å². The maximum Gasteiger partial charge on any atom is 0.107 e. The van der Waals surface area contributed by atoms with Crippen LogP contribution in [0.4, 0.5) is 0 Å². The van der Waals surface area contributed by atoms with Gasteiger partial charge >= 0.3 is 0 Å². The van der Waals surface area contributed by atoms with Gasteiger partial charge in [-0.15, -0.1) is 0 Å². The van der Waals surface area contributed by atoms with Crippen LogP contribution in [0, 0.1) is 29.1 Å². The highest BCUT2D eigenvalue weighted by atomic mass is 14.9. The lowest BCUT2D eigenvalue weighted by Crippen LogP contribution is -2.13. The Morgan fingerprint density at radius 2 is 2.26 bits per heavy atom. The minimum absolute atomic E-state index is 0.697. The number of aromatic nitrogens is 2. The number of fused-ring (bicyclic) bond motifs is 3. The maximum absolute atomic E-state index is 8.92. The van der Waals surface area contributed by atoms with Crippen molar-refractivity contribution in [3.63, 3.8) is 0 Å². The van der Waals surface area contributed by atoms with Gasteiger partial charge in [-0.3, -0.25) is 0 Å². The molecular weight excluding hydrogens is 234 g/mol. The average molecular weight is 251 g/mol. The molecule has 2 aliphatic rings. The molecule has 1 aromatic carbocycles. The quantitative estimate of drug-likeness (QED) is 0.889. The summed E-state index contributed by atoms with van der Waals surface area (Å²) in [6.45, 7) is 0. The number of benzene rings is 1. The van der Waals surface area contributed by atoms with E-state index in [1.807, 2.05) is 18.2 Å². The second-order valence-corrected chi connectivity index (χ2v) is 6.17. The second kappa shape index (κ2) is 4.09. The van der Waals surface area contributed by atoms with Crippen molar-refractivity contribution in [2.75, 3.05) is 0 Å². The zero-order valence-corrected chi connectivity index (χ0v) is 10.9. The topological polar surface area (TPSA) is 52.5 Å². The van der Waals surface area contributed by atoms with E-state index in [1.54, 1.807) is 0 Å². The predicted molar refractivity (Wildman–Crippen MR) is 73.5 cm³/mol. The standard InChI is InChI=1S/C16H17N3/c17-9-11-2-4-14-15(7-11)19-16(18-14)8-13-6-10-1-3-12(13)5-10/h2,4,7,10,12-13H,1,3,5-6,8H2,(H,18,19). The molecule has 3 atom stereocenters. The molecule has 0 spiro atoms. The van der Waals surface area contributed by atoms with Crippen LogP contribution in [0.2, 0.25) is 0 Å². The van der Waals surface area contributed by atoms with Crippen molar-refractivity contribution < 1.29 is 0 Å². The minimum Gasteiger partial charge on any atom is -0.342 e. The molecule has 1 heterocycles. The Hall–Kier alpha value is -1.82. The molecule has 2 bridgehead atoms. The Labute approximate surface area is 112 Å². The van der Waals surface area contributed by atoms with Crippen LogP contribution in [0.3, 0.4) is 0 Å². The van der Waals surface area contributed by atoms with E-state index in [0.29, 0.717) is 5.56 Å². The summed E-state index contributed by atoms with van der Waals surface area (Å²) in [6.07, 6.45) is 6.80. The van der Waals surface area contributed by atoms with E-state index in [9.17, 15) is 0 Å². The highest BCUT2D eigenvalue weighted by Crippen LogP contribution is 2.49. The summed E-state index contributed by atoms with van der Waals surface area (Å²) in [5.41, 5.74) is 2.68. The molecule has 0 aliphatic heterocycles. The number of rotatable bonds is 2. The fourth-order valence-electron chi connectivity index (χ4n) is 4.10. The van der Waals surface area contributed by atoms with Gasteiger partial charge in [-0.2, -0.15) is 5.26 Å². The van der Waals surface area contributed by atoms with Crippen LogP contribution in [0.1, 0.15) is 37.1 Å². The molecule has 0 saturated heterocycles. The van der Waals surface area contributed by atoms with E-state index in [1.165, 1.54) is 25.7 Å². The van der Waals surface area contributed by atoms with Gasteiger partial charge in [0.1, 0.15) is 5.82 Å². The first kappa shape index (κ1) is 11.0. The van der Waals surface area contributed by atoms with E-state index in [-0.39, 0.29) is 0 Å². The third kappa shape index (κ3) is 1.83. The lowest BCUT2D eigenvalue weighted by atomic mass is 9.86. The highest BCUT2D eigenvalue weighted by molar-refractivity contribution is 5.76. The number of aromatic amines is 1. The van der Waals surface area contributed by atoms with E-state index in [0.717, 1.165) is 41.0 Å². The number of nitrogens with zero attached hydrogens (tertiary/aromatic N) is 2. The van der Waals surface area contributed by atoms with Crippen molar-refractivity contribution in [2.45, 2.75) is 32.1 Å². The fourth-order valence-corrected chi connectivity index (χ4v) is 4.10. The van der Waals surface area contributed by atoms with E-state index >= 15 is 0 Å². The lowest BCUT2D eigenvalue weighted by molar-refractivity contribution is 0.327. The van der Waals surface area contributed by atoms with Crippen LogP contribution in [0.5, 0.6) is 0 Å². The third-order valence-corrected chi connectivity index (χ3v) is 5.00. The van der Waals surface area contributed by atoms with Crippen LogP contribution < -0.4 is 0 Å². The Morgan fingerprint density at radius 3 is 3.00 bits per heavy atom. The molecular formula is C16H17N3. The number of hydrogen-bond acceptors (Lipinski definition) is 2. The molecule has 96 valence electrons. The lowest BCUT2D eigenvalue weighted by Gasteiger charge is -2.20. The summed E-state index contributed by atoms with van der Waals surface area (Å²) in [6, 6.07) is 7.85. The largest absolute Gasteiger partial charge is 0.342 e.